The quantitative estimate of drug-likeness (QED) is 0.538. The van der Waals surface area contributed by atoms with Crippen LogP contribution in [-0.4, -0.2) is 74.3 Å². The van der Waals surface area contributed by atoms with Crippen LogP contribution in [0.25, 0.3) is 0 Å². The molecule has 0 aromatic carbocycles. The first kappa shape index (κ1) is 15.0. The summed E-state index contributed by atoms with van der Waals surface area (Å²) in [5, 5.41) is 0. The Hall–Kier alpha value is -0.0400. The maximum absolute atomic E-state index is 12.1. The van der Waals surface area contributed by atoms with E-state index >= 15 is 0 Å². The Balaban J connectivity index is 2.09. The van der Waals surface area contributed by atoms with Crippen LogP contribution in [0.3, 0.4) is 0 Å². The molecule has 0 saturated carbocycles. The first-order valence-electron chi connectivity index (χ1n) is 5.66. The molecule has 0 aromatic heterocycles. The third-order valence-corrected chi connectivity index (χ3v) is 2.80. The van der Waals surface area contributed by atoms with Gasteiger partial charge in [-0.3, -0.25) is 9.80 Å². The van der Waals surface area contributed by atoms with Crippen LogP contribution in [0.2, 0.25) is 0 Å². The van der Waals surface area contributed by atoms with Crippen LogP contribution in [0.15, 0.2) is 0 Å². The fraction of sp³-hybridized carbons (Fsp3) is 1.00. The Morgan fingerprint density at radius 3 is 2.12 bits per heavy atom. The Morgan fingerprint density at radius 2 is 1.59 bits per heavy atom. The van der Waals surface area contributed by atoms with Gasteiger partial charge in [0.15, 0.2) is 0 Å². The number of hydrogen-bond acceptors (Lipinski definition) is 3. The molecule has 1 aliphatic rings. The predicted molar refractivity (Wildman–Crippen MR) is 60.5 cm³/mol. The summed E-state index contributed by atoms with van der Waals surface area (Å²) in [6.07, 6.45) is -4.09. The van der Waals surface area contributed by atoms with E-state index in [0.717, 1.165) is 6.54 Å². The molecule has 1 fully saturated rings. The van der Waals surface area contributed by atoms with Crippen LogP contribution in [-0.2, 0) is 4.74 Å². The summed E-state index contributed by atoms with van der Waals surface area (Å²) in [7, 11) is 0. The molecule has 17 heavy (non-hydrogen) atoms. The highest BCUT2D eigenvalue weighted by Gasteiger charge is 2.31. The molecule has 102 valence electrons. The summed E-state index contributed by atoms with van der Waals surface area (Å²) < 4.78 is 41.6. The van der Waals surface area contributed by atoms with Crippen LogP contribution < -0.4 is 0 Å². The Bertz CT molecular complexity index is 208. The zero-order valence-corrected chi connectivity index (χ0v) is 10.4. The number of piperazine rings is 1. The van der Waals surface area contributed by atoms with Crippen molar-refractivity contribution in [2.75, 3.05) is 58.4 Å². The summed E-state index contributed by atoms with van der Waals surface area (Å²) in [4.78, 5) is 3.55. The average Bonchev–Trinajstić information content (AvgIpc) is 2.25. The smallest absolute Gasteiger partial charge is 0.379 e. The van der Waals surface area contributed by atoms with Gasteiger partial charge in [0.1, 0.15) is 0 Å². The number of rotatable bonds is 6. The fourth-order valence-electron chi connectivity index (χ4n) is 1.77. The van der Waals surface area contributed by atoms with Gasteiger partial charge in [-0.05, 0) is 0 Å². The molecule has 0 aromatic rings. The van der Waals surface area contributed by atoms with E-state index < -0.39 is 12.7 Å². The van der Waals surface area contributed by atoms with Gasteiger partial charge in [0.2, 0.25) is 0 Å². The molecule has 1 aliphatic heterocycles. The lowest BCUT2D eigenvalue weighted by Gasteiger charge is -2.34. The fourth-order valence-corrected chi connectivity index (χ4v) is 1.88. The van der Waals surface area contributed by atoms with Crippen molar-refractivity contribution in [1.82, 2.24) is 9.80 Å². The highest BCUT2D eigenvalue weighted by Crippen LogP contribution is 2.17. The summed E-state index contributed by atoms with van der Waals surface area (Å²) in [6.45, 7) is 3.34. The Kier molecular flexibility index (Phi) is 6.54. The van der Waals surface area contributed by atoms with Crippen LogP contribution in [0.4, 0.5) is 13.2 Å². The molecule has 7 heteroatoms. The minimum atomic E-state index is -4.09. The summed E-state index contributed by atoms with van der Waals surface area (Å²) in [6, 6.07) is 0. The standard InChI is InChI=1S/C10H18ClF3N2O/c11-1-7-17-8-6-15-2-4-16(5-3-15)9-10(12,13)14/h1-9H2. The highest BCUT2D eigenvalue weighted by molar-refractivity contribution is 6.17. The van der Waals surface area contributed by atoms with Gasteiger partial charge in [-0.15, -0.1) is 11.6 Å². The highest BCUT2D eigenvalue weighted by atomic mass is 35.5. The summed E-state index contributed by atoms with van der Waals surface area (Å²) in [5.74, 6) is 0.472. The number of alkyl halides is 4. The van der Waals surface area contributed by atoms with E-state index in [1.807, 2.05) is 0 Å². The molecule has 0 aliphatic carbocycles. The summed E-state index contributed by atoms with van der Waals surface area (Å²) >= 11 is 5.45. The average molecular weight is 275 g/mol. The van der Waals surface area contributed by atoms with E-state index in [1.54, 1.807) is 0 Å². The second kappa shape index (κ2) is 7.41. The second-order valence-corrected chi connectivity index (χ2v) is 4.41. The molecular weight excluding hydrogens is 257 g/mol. The molecule has 1 heterocycles. The molecule has 0 spiro atoms. The largest absolute Gasteiger partial charge is 0.401 e. The van der Waals surface area contributed by atoms with Crippen LogP contribution in [0.5, 0.6) is 0 Å². The lowest BCUT2D eigenvalue weighted by molar-refractivity contribution is -0.149. The molecule has 0 radical (unpaired) electrons. The van der Waals surface area contributed by atoms with Crippen molar-refractivity contribution in [3.63, 3.8) is 0 Å². The van der Waals surface area contributed by atoms with Crippen molar-refractivity contribution in [3.8, 4) is 0 Å². The lowest BCUT2D eigenvalue weighted by Crippen LogP contribution is -2.49. The zero-order valence-electron chi connectivity index (χ0n) is 9.68. The van der Waals surface area contributed by atoms with Crippen molar-refractivity contribution in [3.05, 3.63) is 0 Å². The van der Waals surface area contributed by atoms with Gasteiger partial charge in [-0.25, -0.2) is 0 Å². The molecule has 0 atom stereocenters. The van der Waals surface area contributed by atoms with Crippen molar-refractivity contribution in [2.45, 2.75) is 6.18 Å². The van der Waals surface area contributed by atoms with E-state index in [4.69, 9.17) is 16.3 Å². The van der Waals surface area contributed by atoms with Crippen molar-refractivity contribution < 1.29 is 17.9 Å². The summed E-state index contributed by atoms with van der Waals surface area (Å²) in [5.41, 5.74) is 0. The van der Waals surface area contributed by atoms with Crippen molar-refractivity contribution >= 4 is 11.6 Å². The monoisotopic (exact) mass is 274 g/mol. The third kappa shape index (κ3) is 7.08. The lowest BCUT2D eigenvalue weighted by atomic mass is 10.3. The number of nitrogens with zero attached hydrogens (tertiary/aromatic N) is 2. The molecule has 0 amide bonds. The minimum Gasteiger partial charge on any atom is -0.379 e. The number of ether oxygens (including phenoxy) is 1. The molecule has 1 rings (SSSR count). The van der Waals surface area contributed by atoms with Crippen LogP contribution in [0.1, 0.15) is 0 Å². The number of halogens is 4. The zero-order chi connectivity index (χ0) is 12.7. The topological polar surface area (TPSA) is 15.7 Å². The molecule has 0 N–H and O–H groups in total. The van der Waals surface area contributed by atoms with Crippen molar-refractivity contribution in [2.24, 2.45) is 0 Å². The maximum atomic E-state index is 12.1. The van der Waals surface area contributed by atoms with Gasteiger partial charge in [0.25, 0.3) is 0 Å². The van der Waals surface area contributed by atoms with Gasteiger partial charge < -0.3 is 4.74 Å². The van der Waals surface area contributed by atoms with E-state index in [-0.39, 0.29) is 0 Å². The van der Waals surface area contributed by atoms with E-state index in [9.17, 15) is 13.2 Å². The molecule has 0 bridgehead atoms. The van der Waals surface area contributed by atoms with Crippen LogP contribution >= 0.6 is 11.6 Å². The molecule has 1 saturated heterocycles. The SMILES string of the molecule is FC(F)(F)CN1CCN(CCOCCCl)CC1. The Labute approximate surface area is 104 Å². The molecule has 0 unspecified atom stereocenters. The first-order valence-corrected chi connectivity index (χ1v) is 6.20. The molecular formula is C10H18ClF3N2O. The van der Waals surface area contributed by atoms with Crippen molar-refractivity contribution in [1.29, 1.82) is 0 Å². The maximum Gasteiger partial charge on any atom is 0.401 e. The first-order chi connectivity index (χ1) is 8.01. The van der Waals surface area contributed by atoms with Gasteiger partial charge in [0.05, 0.1) is 19.8 Å². The van der Waals surface area contributed by atoms with E-state index in [0.29, 0.717) is 45.3 Å². The van der Waals surface area contributed by atoms with Gasteiger partial charge in [-0.1, -0.05) is 0 Å². The van der Waals surface area contributed by atoms with E-state index in [2.05, 4.69) is 4.90 Å². The van der Waals surface area contributed by atoms with Crippen LogP contribution in [0, 0.1) is 0 Å². The van der Waals surface area contributed by atoms with Gasteiger partial charge in [-0.2, -0.15) is 13.2 Å². The normalized spacial score (nSPS) is 19.8. The Morgan fingerprint density at radius 1 is 1.00 bits per heavy atom. The minimum absolute atomic E-state index is 0.467. The van der Waals surface area contributed by atoms with Gasteiger partial charge in [0, 0.05) is 38.6 Å². The van der Waals surface area contributed by atoms with E-state index in [1.165, 1.54) is 4.90 Å². The number of hydrogen-bond donors (Lipinski definition) is 0. The third-order valence-electron chi connectivity index (χ3n) is 2.64. The molecule has 3 nitrogen and oxygen atoms in total. The predicted octanol–water partition coefficient (Wildman–Crippen LogP) is 1.42. The van der Waals surface area contributed by atoms with Gasteiger partial charge >= 0.3 is 6.18 Å². The second-order valence-electron chi connectivity index (χ2n) is 4.03.